The SMILES string of the molecule is CCCOc1ccc(C(=O)NC(=S)NCc2cccs2)cc1Br. The first-order valence-corrected chi connectivity index (χ1v) is 9.22. The monoisotopic (exact) mass is 412 g/mol. The van der Waals surface area contributed by atoms with Crippen molar-refractivity contribution in [3.63, 3.8) is 0 Å². The van der Waals surface area contributed by atoms with Gasteiger partial charge in [0.15, 0.2) is 5.11 Å². The number of carbonyl (C=O) groups is 1. The smallest absolute Gasteiger partial charge is 0.257 e. The lowest BCUT2D eigenvalue weighted by Crippen LogP contribution is -2.38. The summed E-state index contributed by atoms with van der Waals surface area (Å²) in [5, 5.41) is 8.00. The summed E-state index contributed by atoms with van der Waals surface area (Å²) in [6.45, 7) is 3.28. The Bertz CT molecular complexity index is 675. The fourth-order valence-corrected chi connectivity index (χ4v) is 3.07. The van der Waals surface area contributed by atoms with Crippen LogP contribution in [0.15, 0.2) is 40.2 Å². The molecule has 0 fully saturated rings. The molecule has 0 aliphatic heterocycles. The fourth-order valence-electron chi connectivity index (χ4n) is 1.77. The molecule has 2 aromatic rings. The number of benzene rings is 1. The third-order valence-electron chi connectivity index (χ3n) is 2.89. The molecule has 7 heteroatoms. The quantitative estimate of drug-likeness (QED) is 0.700. The largest absolute Gasteiger partial charge is 0.492 e. The molecule has 0 saturated carbocycles. The van der Waals surface area contributed by atoms with Crippen molar-refractivity contribution in [2.75, 3.05) is 6.61 Å². The van der Waals surface area contributed by atoms with E-state index in [9.17, 15) is 4.79 Å². The van der Waals surface area contributed by atoms with Crippen LogP contribution in [0.2, 0.25) is 0 Å². The van der Waals surface area contributed by atoms with Crippen molar-refractivity contribution in [2.24, 2.45) is 0 Å². The van der Waals surface area contributed by atoms with E-state index in [0.717, 1.165) is 21.5 Å². The van der Waals surface area contributed by atoms with Crippen molar-refractivity contribution < 1.29 is 9.53 Å². The summed E-state index contributed by atoms with van der Waals surface area (Å²) in [7, 11) is 0. The molecule has 0 aliphatic carbocycles. The summed E-state index contributed by atoms with van der Waals surface area (Å²) in [4.78, 5) is 13.4. The first-order valence-electron chi connectivity index (χ1n) is 7.14. The van der Waals surface area contributed by atoms with Gasteiger partial charge in [0.1, 0.15) is 5.75 Å². The molecule has 0 aliphatic rings. The molecule has 1 heterocycles. The number of carbonyl (C=O) groups excluding carboxylic acids is 1. The van der Waals surface area contributed by atoms with E-state index in [1.807, 2.05) is 24.4 Å². The summed E-state index contributed by atoms with van der Waals surface area (Å²) in [6, 6.07) is 9.20. The molecule has 1 aromatic heterocycles. The lowest BCUT2D eigenvalue weighted by molar-refractivity contribution is 0.0976. The first-order chi connectivity index (χ1) is 11.1. The maximum Gasteiger partial charge on any atom is 0.257 e. The van der Waals surface area contributed by atoms with Crippen LogP contribution in [0.1, 0.15) is 28.6 Å². The average molecular weight is 413 g/mol. The van der Waals surface area contributed by atoms with Gasteiger partial charge in [0, 0.05) is 10.4 Å². The van der Waals surface area contributed by atoms with E-state index in [4.69, 9.17) is 17.0 Å². The van der Waals surface area contributed by atoms with Gasteiger partial charge in [0.05, 0.1) is 17.6 Å². The summed E-state index contributed by atoms with van der Waals surface area (Å²) in [6.07, 6.45) is 0.929. The summed E-state index contributed by atoms with van der Waals surface area (Å²) in [5.41, 5.74) is 0.515. The predicted octanol–water partition coefficient (Wildman–Crippen LogP) is 4.10. The zero-order valence-corrected chi connectivity index (χ0v) is 15.8. The van der Waals surface area contributed by atoms with E-state index in [-0.39, 0.29) is 5.91 Å². The molecule has 0 saturated heterocycles. The minimum Gasteiger partial charge on any atom is -0.492 e. The van der Waals surface area contributed by atoms with Crippen LogP contribution in [0.25, 0.3) is 0 Å². The molecule has 122 valence electrons. The lowest BCUT2D eigenvalue weighted by Gasteiger charge is -2.11. The second kappa shape index (κ2) is 9.00. The summed E-state index contributed by atoms with van der Waals surface area (Å²) >= 11 is 10.2. The Kier molecular flexibility index (Phi) is 7.01. The number of ether oxygens (including phenoxy) is 1. The van der Waals surface area contributed by atoms with Crippen molar-refractivity contribution in [2.45, 2.75) is 19.9 Å². The van der Waals surface area contributed by atoms with Crippen LogP contribution in [0.5, 0.6) is 5.75 Å². The van der Waals surface area contributed by atoms with Crippen LogP contribution in [-0.4, -0.2) is 17.6 Å². The highest BCUT2D eigenvalue weighted by Gasteiger charge is 2.11. The topological polar surface area (TPSA) is 50.4 Å². The third kappa shape index (κ3) is 5.60. The van der Waals surface area contributed by atoms with Crippen LogP contribution in [-0.2, 0) is 6.54 Å². The van der Waals surface area contributed by atoms with Crippen LogP contribution in [0.3, 0.4) is 0 Å². The summed E-state index contributed by atoms with van der Waals surface area (Å²) < 4.78 is 6.31. The van der Waals surface area contributed by atoms with Gasteiger partial charge in [0.25, 0.3) is 5.91 Å². The molecular formula is C16H17BrN2O2S2. The van der Waals surface area contributed by atoms with Gasteiger partial charge in [-0.2, -0.15) is 0 Å². The molecule has 0 atom stereocenters. The Morgan fingerprint density at radius 1 is 1.39 bits per heavy atom. The second-order valence-corrected chi connectivity index (χ2v) is 7.00. The Balaban J connectivity index is 1.89. The van der Waals surface area contributed by atoms with Crippen LogP contribution < -0.4 is 15.4 Å². The van der Waals surface area contributed by atoms with Gasteiger partial charge in [-0.1, -0.05) is 13.0 Å². The zero-order chi connectivity index (χ0) is 16.7. The third-order valence-corrected chi connectivity index (χ3v) is 4.63. The van der Waals surface area contributed by atoms with Gasteiger partial charge in [-0.15, -0.1) is 11.3 Å². The van der Waals surface area contributed by atoms with Gasteiger partial charge in [-0.3, -0.25) is 10.1 Å². The van der Waals surface area contributed by atoms with E-state index in [1.165, 1.54) is 0 Å². The predicted molar refractivity (Wildman–Crippen MR) is 101 cm³/mol. The van der Waals surface area contributed by atoms with E-state index in [1.54, 1.807) is 29.5 Å². The van der Waals surface area contributed by atoms with E-state index in [2.05, 4.69) is 26.6 Å². The number of hydrogen-bond acceptors (Lipinski definition) is 4. The number of amides is 1. The van der Waals surface area contributed by atoms with E-state index >= 15 is 0 Å². The average Bonchev–Trinajstić information content (AvgIpc) is 3.05. The molecule has 0 radical (unpaired) electrons. The standard InChI is InChI=1S/C16H17BrN2O2S2/c1-2-7-21-14-6-5-11(9-13(14)17)15(20)19-16(22)18-10-12-4-3-8-23-12/h3-6,8-9H,2,7,10H2,1H3,(H2,18,19,20,22). The maximum absolute atomic E-state index is 12.2. The normalized spacial score (nSPS) is 10.2. The van der Waals surface area contributed by atoms with Gasteiger partial charge in [-0.25, -0.2) is 0 Å². The minimum absolute atomic E-state index is 0.253. The van der Waals surface area contributed by atoms with Crippen molar-refractivity contribution in [1.82, 2.24) is 10.6 Å². The molecule has 23 heavy (non-hydrogen) atoms. The Morgan fingerprint density at radius 3 is 2.87 bits per heavy atom. The number of rotatable bonds is 6. The van der Waals surface area contributed by atoms with Gasteiger partial charge in [-0.05, 0) is 64.2 Å². The number of thiocarbonyl (C=S) groups is 1. The van der Waals surface area contributed by atoms with Crippen LogP contribution in [0.4, 0.5) is 0 Å². The minimum atomic E-state index is -0.253. The Hall–Kier alpha value is -1.44. The molecule has 2 N–H and O–H groups in total. The Labute approximate surface area is 153 Å². The van der Waals surface area contributed by atoms with E-state index in [0.29, 0.717) is 23.8 Å². The highest BCUT2D eigenvalue weighted by atomic mass is 79.9. The molecule has 0 bridgehead atoms. The molecular weight excluding hydrogens is 396 g/mol. The van der Waals surface area contributed by atoms with Gasteiger partial charge < -0.3 is 10.1 Å². The maximum atomic E-state index is 12.2. The molecule has 1 amide bonds. The molecule has 2 rings (SSSR count). The first kappa shape index (κ1) is 17.9. The number of hydrogen-bond donors (Lipinski definition) is 2. The number of thiophene rings is 1. The van der Waals surface area contributed by atoms with Crippen molar-refractivity contribution in [3.8, 4) is 5.75 Å². The summed E-state index contributed by atoms with van der Waals surface area (Å²) in [5.74, 6) is 0.471. The van der Waals surface area contributed by atoms with Crippen molar-refractivity contribution >= 4 is 50.5 Å². The number of nitrogens with one attached hydrogen (secondary N) is 2. The fraction of sp³-hybridized carbons (Fsp3) is 0.250. The van der Waals surface area contributed by atoms with Gasteiger partial charge in [0.2, 0.25) is 0 Å². The van der Waals surface area contributed by atoms with Crippen molar-refractivity contribution in [3.05, 3.63) is 50.6 Å². The highest BCUT2D eigenvalue weighted by molar-refractivity contribution is 9.10. The lowest BCUT2D eigenvalue weighted by atomic mass is 10.2. The Morgan fingerprint density at radius 2 is 2.22 bits per heavy atom. The van der Waals surface area contributed by atoms with E-state index < -0.39 is 0 Å². The molecule has 4 nitrogen and oxygen atoms in total. The number of halogens is 1. The molecule has 1 aromatic carbocycles. The van der Waals surface area contributed by atoms with Crippen LogP contribution >= 0.6 is 39.5 Å². The highest BCUT2D eigenvalue weighted by Crippen LogP contribution is 2.26. The molecule has 0 spiro atoms. The van der Waals surface area contributed by atoms with Crippen LogP contribution in [0, 0.1) is 0 Å². The van der Waals surface area contributed by atoms with Gasteiger partial charge >= 0.3 is 0 Å². The zero-order valence-electron chi connectivity index (χ0n) is 12.6. The van der Waals surface area contributed by atoms with Crippen molar-refractivity contribution in [1.29, 1.82) is 0 Å². The molecule has 0 unspecified atom stereocenters. The second-order valence-electron chi connectivity index (χ2n) is 4.71.